The molecular formula is C80H119ClN4O18. The first-order valence-corrected chi connectivity index (χ1v) is 33.8. The number of carboxylic acids is 1. The number of hydrogen-bond acceptors (Lipinski definition) is 19. The zero-order valence-corrected chi connectivity index (χ0v) is 66.3. The van der Waals surface area contributed by atoms with Gasteiger partial charge < -0.3 is 63.3 Å². The number of carboxylic acid groups (broad SMARTS) is 1. The molecule has 0 bridgehead atoms. The van der Waals surface area contributed by atoms with Crippen LogP contribution in [-0.2, 0) is 95.7 Å². The van der Waals surface area contributed by atoms with Crippen molar-refractivity contribution < 1.29 is 86.1 Å². The first kappa shape index (κ1) is 96.8. The number of benzene rings is 5. The molecule has 0 fully saturated rings. The molecule has 0 aliphatic heterocycles. The van der Waals surface area contributed by atoms with Crippen molar-refractivity contribution in [3.05, 3.63) is 177 Å². The number of carbonyl (C=O) groups is 8. The molecule has 5 aromatic carbocycles. The molecule has 6 unspecified atom stereocenters. The molecule has 0 aliphatic carbocycles. The van der Waals surface area contributed by atoms with E-state index < -0.39 is 46.9 Å². The Bertz CT molecular complexity index is 3380. The Balaban J connectivity index is 0. The van der Waals surface area contributed by atoms with Crippen LogP contribution in [0.2, 0.25) is 0 Å². The van der Waals surface area contributed by atoms with Gasteiger partial charge in [0, 0.05) is 71.2 Å². The molecule has 0 aromatic heterocycles. The quantitative estimate of drug-likeness (QED) is 0.0214. The lowest BCUT2D eigenvalue weighted by atomic mass is 9.93. The van der Waals surface area contributed by atoms with Gasteiger partial charge in [-0.1, -0.05) is 170 Å². The summed E-state index contributed by atoms with van der Waals surface area (Å²) in [5.74, 6) is -2.66. The van der Waals surface area contributed by atoms with Crippen LogP contribution in [0.1, 0.15) is 208 Å². The minimum absolute atomic E-state index is 0. The summed E-state index contributed by atoms with van der Waals surface area (Å²) in [5, 5.41) is 9.35. The van der Waals surface area contributed by atoms with E-state index in [1.807, 2.05) is 165 Å². The Morgan fingerprint density at radius 3 is 1.08 bits per heavy atom. The van der Waals surface area contributed by atoms with Crippen LogP contribution in [0.15, 0.2) is 126 Å². The molecule has 5 rings (SSSR count). The van der Waals surface area contributed by atoms with Crippen molar-refractivity contribution in [2.24, 2.45) is 27.5 Å². The number of aliphatic carboxylic acids is 1. The highest BCUT2D eigenvalue weighted by Crippen LogP contribution is 2.29. The molecule has 103 heavy (non-hydrogen) atoms. The summed E-state index contributed by atoms with van der Waals surface area (Å²) in [6, 6.07) is 36.3. The highest BCUT2D eigenvalue weighted by Gasteiger charge is 2.36. The topological polar surface area (TPSA) is 285 Å². The molecular weight excluding hydrogens is 1340 g/mol. The van der Waals surface area contributed by atoms with Gasteiger partial charge in [0.05, 0.1) is 64.9 Å². The van der Waals surface area contributed by atoms with Crippen LogP contribution in [0.4, 0.5) is 0 Å². The molecule has 0 spiro atoms. The second kappa shape index (κ2) is 50.2. The standard InChI is InChI=1S/C19H29NO4.C18H27NO4.C15H22O3.C14H19NO3.C10H12O2.C4H9NO2.ClH/c1-13(17(21)24-7)20(18(22)19(3,4)5)12-15-10-8-9-11-16(15)14(2)23-6;1-12(16(20)21)19(17(22)18(3,4)5)11-14-9-7-8-10-15(14)13(2)23-6;1-11(15(16)18-4)9-10-13-7-5-6-8-14(13)12(2)17-3;1-10(14(16)18-4)15-9-12-7-5-6-8-13(12)11(2)17-3;1-8(12-2)10-6-4-3-5-9(10)7-11;1-3(5)4(6)7-2;/h8-11,13-14H,12H2,1-7H3;7-10,12-13H,11H2,1-6H3,(H,20,21);5-8,11-12H,9-10H2,1-4H3;5-11H,1-4H3;3-8H,1-2H3;3H,5H2,1-2H3;1H/t13-,14?;12-,13?;11-,12?;;;3-;/m110..1./s1. The van der Waals surface area contributed by atoms with Crippen LogP contribution in [0.25, 0.3) is 0 Å². The number of carbonyl (C=O) groups excluding carboxylic acids is 7. The van der Waals surface area contributed by atoms with Crippen molar-refractivity contribution in [1.82, 2.24) is 9.80 Å². The number of aldehydes is 1. The van der Waals surface area contributed by atoms with E-state index in [9.17, 15) is 43.5 Å². The molecule has 0 radical (unpaired) electrons. The van der Waals surface area contributed by atoms with Gasteiger partial charge in [-0.05, 0) is 125 Å². The van der Waals surface area contributed by atoms with Gasteiger partial charge in [-0.25, -0.2) is 14.4 Å². The van der Waals surface area contributed by atoms with E-state index >= 15 is 0 Å². The van der Waals surface area contributed by atoms with E-state index in [-0.39, 0.29) is 85.1 Å². The zero-order chi connectivity index (χ0) is 78.2. The van der Waals surface area contributed by atoms with Gasteiger partial charge in [0.25, 0.3) is 0 Å². The van der Waals surface area contributed by atoms with E-state index in [1.165, 1.54) is 51.4 Å². The molecule has 22 nitrogen and oxygen atoms in total. The summed E-state index contributed by atoms with van der Waals surface area (Å²) < 4.78 is 45.0. The lowest BCUT2D eigenvalue weighted by molar-refractivity contribution is -0.156. The van der Waals surface area contributed by atoms with Gasteiger partial charge >= 0.3 is 29.8 Å². The van der Waals surface area contributed by atoms with Crippen molar-refractivity contribution in [3.63, 3.8) is 0 Å². The van der Waals surface area contributed by atoms with Crippen molar-refractivity contribution in [2.75, 3.05) is 64.0 Å². The van der Waals surface area contributed by atoms with Gasteiger partial charge in [-0.3, -0.25) is 29.0 Å². The smallest absolute Gasteiger partial charge is 0.330 e. The number of amides is 2. The first-order valence-electron chi connectivity index (χ1n) is 33.8. The number of nitrogens with zero attached hydrogens (tertiary/aromatic N) is 3. The number of nitrogens with two attached hydrogens (primary N) is 1. The van der Waals surface area contributed by atoms with Crippen molar-refractivity contribution >= 4 is 66.6 Å². The van der Waals surface area contributed by atoms with E-state index in [2.05, 4.69) is 26.6 Å². The van der Waals surface area contributed by atoms with E-state index in [0.717, 1.165) is 58.1 Å². The minimum atomic E-state index is -1.01. The maximum atomic E-state index is 12.9. The van der Waals surface area contributed by atoms with Crippen LogP contribution in [0, 0.1) is 16.7 Å². The maximum Gasteiger partial charge on any atom is 0.330 e. The van der Waals surface area contributed by atoms with E-state index in [1.54, 1.807) is 94.3 Å². The minimum Gasteiger partial charge on any atom is -0.480 e. The molecule has 10 atom stereocenters. The Labute approximate surface area is 619 Å². The van der Waals surface area contributed by atoms with Crippen molar-refractivity contribution in [1.29, 1.82) is 0 Å². The van der Waals surface area contributed by atoms with Gasteiger partial charge in [0.2, 0.25) is 11.8 Å². The molecule has 23 heteroatoms. The number of hydrogen-bond donors (Lipinski definition) is 2. The fourth-order valence-electron chi connectivity index (χ4n) is 9.66. The van der Waals surface area contributed by atoms with Gasteiger partial charge in [0.15, 0.2) is 0 Å². The highest BCUT2D eigenvalue weighted by atomic mass is 35.5. The van der Waals surface area contributed by atoms with Crippen LogP contribution in [-0.4, -0.2) is 157 Å². The fourth-order valence-corrected chi connectivity index (χ4v) is 9.66. The summed E-state index contributed by atoms with van der Waals surface area (Å²) in [6.45, 7) is 29.7. The van der Waals surface area contributed by atoms with Gasteiger partial charge in [-0.2, -0.15) is 0 Å². The Kier molecular flexibility index (Phi) is 47.2. The molecule has 5 aromatic rings. The van der Waals surface area contributed by atoms with Gasteiger partial charge in [-0.15, -0.1) is 12.4 Å². The summed E-state index contributed by atoms with van der Waals surface area (Å²) in [6.07, 6.45) is 4.01. The number of esters is 4. The average molecular weight is 1460 g/mol. The molecule has 0 saturated carbocycles. The predicted octanol–water partition coefficient (Wildman–Crippen LogP) is 14.2. The van der Waals surface area contributed by atoms with Gasteiger partial charge in [0.1, 0.15) is 30.5 Å². The summed E-state index contributed by atoms with van der Waals surface area (Å²) in [4.78, 5) is 99.5. The number of rotatable bonds is 27. The first-order chi connectivity index (χ1) is 47.9. The number of aliphatic imine (C=N–C) groups is 1. The van der Waals surface area contributed by atoms with Crippen molar-refractivity contribution in [2.45, 2.75) is 191 Å². The normalized spacial score (nSPS) is 13.7. The van der Waals surface area contributed by atoms with Crippen LogP contribution in [0.5, 0.6) is 0 Å². The molecule has 0 saturated heterocycles. The summed E-state index contributed by atoms with van der Waals surface area (Å²) in [5.41, 5.74) is 13.7. The Hall–Kier alpha value is -8.22. The second-order valence-electron chi connectivity index (χ2n) is 26.2. The summed E-state index contributed by atoms with van der Waals surface area (Å²) in [7, 11) is 13.7. The number of aryl methyl sites for hydroxylation is 1. The largest absolute Gasteiger partial charge is 0.480 e. The van der Waals surface area contributed by atoms with Crippen LogP contribution in [0.3, 0.4) is 0 Å². The predicted molar refractivity (Wildman–Crippen MR) is 405 cm³/mol. The molecule has 0 aliphatic rings. The zero-order valence-electron chi connectivity index (χ0n) is 65.5. The van der Waals surface area contributed by atoms with E-state index in [0.29, 0.717) is 12.1 Å². The Morgan fingerprint density at radius 2 is 0.748 bits per heavy atom. The van der Waals surface area contributed by atoms with Crippen LogP contribution < -0.4 is 5.73 Å². The second-order valence-corrected chi connectivity index (χ2v) is 26.2. The third-order valence-corrected chi connectivity index (χ3v) is 16.6. The van der Waals surface area contributed by atoms with Crippen LogP contribution >= 0.6 is 12.4 Å². The molecule has 574 valence electrons. The summed E-state index contributed by atoms with van der Waals surface area (Å²) >= 11 is 0. The fraction of sp³-hybridized carbons (Fsp3) is 0.512. The third kappa shape index (κ3) is 33.8. The molecule has 2 amide bonds. The maximum absolute atomic E-state index is 12.9. The number of ether oxygens (including phenoxy) is 9. The lowest BCUT2D eigenvalue weighted by Crippen LogP contribution is -2.48. The monoisotopic (exact) mass is 1460 g/mol. The molecule has 3 N–H and O–H groups in total. The number of halogens is 1. The third-order valence-electron chi connectivity index (χ3n) is 16.6. The molecule has 0 heterocycles. The number of methoxy groups -OCH3 is 9. The van der Waals surface area contributed by atoms with Crippen molar-refractivity contribution in [3.8, 4) is 0 Å². The average Bonchev–Trinajstić information content (AvgIpc) is 0.822. The highest BCUT2D eigenvalue weighted by molar-refractivity contribution is 5.88. The van der Waals surface area contributed by atoms with E-state index in [4.69, 9.17) is 38.9 Å². The Morgan fingerprint density at radius 1 is 0.437 bits per heavy atom. The SMILES string of the molecule is COC(=O)C(C)N=Cc1ccccc1C(C)OC.COC(=O)[C@@H](C)CCc1ccccc1C(C)OC.COC(=O)[C@@H](C)N.COC(=O)[C@@H](C)N(Cc1ccccc1C(C)OC)C(=O)C(C)(C)C.COC(C)c1ccccc1C=O.COC(C)c1ccccc1CN(C(=O)C(C)(C)C)[C@H](C)C(=O)O.Cl. The lowest BCUT2D eigenvalue weighted by Gasteiger charge is -2.33.